The molecule has 0 bridgehead atoms. The van der Waals surface area contributed by atoms with Crippen molar-refractivity contribution in [3.63, 3.8) is 0 Å². The van der Waals surface area contributed by atoms with Crippen LogP contribution >= 0.6 is 0 Å². The first-order valence-electron chi connectivity index (χ1n) is 8.80. The number of benzene rings is 2. The molecular formula is C21H27NO3. The highest BCUT2D eigenvalue weighted by atomic mass is 16.5. The Kier molecular flexibility index (Phi) is 6.87. The number of amides is 1. The summed E-state index contributed by atoms with van der Waals surface area (Å²) in [5, 5.41) is 2.99. The van der Waals surface area contributed by atoms with Gasteiger partial charge < -0.3 is 14.8 Å². The minimum Gasteiger partial charge on any atom is -0.493 e. The SMILES string of the molecule is CCOc1ccc(C(=O)NC(C)CC)cc1COc1ccccc1C. The van der Waals surface area contributed by atoms with Gasteiger partial charge in [0.25, 0.3) is 5.91 Å². The predicted molar refractivity (Wildman–Crippen MR) is 100 cm³/mol. The lowest BCUT2D eigenvalue weighted by atomic mass is 10.1. The Morgan fingerprint density at radius 2 is 1.84 bits per heavy atom. The number of aryl methyl sites for hydroxylation is 1. The van der Waals surface area contributed by atoms with Crippen molar-refractivity contribution in [2.75, 3.05) is 6.61 Å². The average molecular weight is 341 g/mol. The summed E-state index contributed by atoms with van der Waals surface area (Å²) in [6, 6.07) is 13.5. The molecule has 0 aliphatic heterocycles. The summed E-state index contributed by atoms with van der Waals surface area (Å²) in [5.74, 6) is 1.50. The van der Waals surface area contributed by atoms with Crippen molar-refractivity contribution < 1.29 is 14.3 Å². The molecular weight excluding hydrogens is 314 g/mol. The largest absolute Gasteiger partial charge is 0.493 e. The van der Waals surface area contributed by atoms with Gasteiger partial charge in [-0.25, -0.2) is 0 Å². The second-order valence-electron chi connectivity index (χ2n) is 6.09. The molecule has 1 N–H and O–H groups in total. The maximum atomic E-state index is 12.4. The Labute approximate surface area is 150 Å². The Hall–Kier alpha value is -2.49. The number of nitrogens with one attached hydrogen (secondary N) is 1. The molecule has 0 saturated carbocycles. The first-order chi connectivity index (χ1) is 12.0. The molecule has 1 unspecified atom stereocenters. The van der Waals surface area contributed by atoms with E-state index in [1.165, 1.54) is 0 Å². The minimum absolute atomic E-state index is 0.0745. The molecule has 0 aliphatic carbocycles. The van der Waals surface area contributed by atoms with Crippen LogP contribution in [0.5, 0.6) is 11.5 Å². The molecule has 4 nitrogen and oxygen atoms in total. The van der Waals surface area contributed by atoms with E-state index in [0.29, 0.717) is 18.8 Å². The molecule has 0 heterocycles. The lowest BCUT2D eigenvalue weighted by molar-refractivity contribution is 0.0939. The molecule has 0 radical (unpaired) electrons. The van der Waals surface area contributed by atoms with Gasteiger partial charge in [0, 0.05) is 17.2 Å². The summed E-state index contributed by atoms with van der Waals surface area (Å²) < 4.78 is 11.6. The summed E-state index contributed by atoms with van der Waals surface area (Å²) in [6.45, 7) is 8.91. The predicted octanol–water partition coefficient (Wildman–Crippen LogP) is 4.50. The van der Waals surface area contributed by atoms with E-state index in [9.17, 15) is 4.79 Å². The third kappa shape index (κ3) is 5.24. The molecule has 0 spiro atoms. The monoisotopic (exact) mass is 341 g/mol. The van der Waals surface area contributed by atoms with E-state index in [1.807, 2.05) is 64.1 Å². The number of hydrogen-bond acceptors (Lipinski definition) is 3. The lowest BCUT2D eigenvalue weighted by Gasteiger charge is -2.15. The summed E-state index contributed by atoms with van der Waals surface area (Å²) in [4.78, 5) is 12.4. The van der Waals surface area contributed by atoms with Crippen LogP contribution in [0.1, 0.15) is 48.7 Å². The number of para-hydroxylation sites is 1. The fraction of sp³-hybridized carbons (Fsp3) is 0.381. The average Bonchev–Trinajstić information content (AvgIpc) is 2.62. The van der Waals surface area contributed by atoms with E-state index in [4.69, 9.17) is 9.47 Å². The van der Waals surface area contributed by atoms with Crippen LogP contribution in [-0.2, 0) is 6.61 Å². The summed E-state index contributed by atoms with van der Waals surface area (Å²) in [6.07, 6.45) is 0.895. The maximum absolute atomic E-state index is 12.4. The van der Waals surface area contributed by atoms with Crippen LogP contribution in [0, 0.1) is 6.92 Å². The third-order valence-electron chi connectivity index (χ3n) is 4.09. The van der Waals surface area contributed by atoms with Crippen LogP contribution in [0.4, 0.5) is 0 Å². The fourth-order valence-electron chi connectivity index (χ4n) is 2.41. The number of rotatable bonds is 8. The van der Waals surface area contributed by atoms with E-state index >= 15 is 0 Å². The van der Waals surface area contributed by atoms with E-state index < -0.39 is 0 Å². The van der Waals surface area contributed by atoms with Gasteiger partial charge >= 0.3 is 0 Å². The van der Waals surface area contributed by atoms with Gasteiger partial charge in [0.2, 0.25) is 0 Å². The van der Waals surface area contributed by atoms with Crippen molar-refractivity contribution in [3.8, 4) is 11.5 Å². The molecule has 1 amide bonds. The molecule has 4 heteroatoms. The second-order valence-corrected chi connectivity index (χ2v) is 6.09. The van der Waals surface area contributed by atoms with Gasteiger partial charge in [0.05, 0.1) is 6.61 Å². The van der Waals surface area contributed by atoms with E-state index in [-0.39, 0.29) is 11.9 Å². The van der Waals surface area contributed by atoms with Crippen molar-refractivity contribution >= 4 is 5.91 Å². The van der Waals surface area contributed by atoms with Gasteiger partial charge in [-0.15, -0.1) is 0 Å². The van der Waals surface area contributed by atoms with Crippen molar-refractivity contribution in [2.45, 2.75) is 46.8 Å². The first kappa shape index (κ1) is 18.8. The van der Waals surface area contributed by atoms with Gasteiger partial charge in [0.1, 0.15) is 18.1 Å². The zero-order chi connectivity index (χ0) is 18.2. The van der Waals surface area contributed by atoms with Gasteiger partial charge in [-0.2, -0.15) is 0 Å². The summed E-state index contributed by atoms with van der Waals surface area (Å²) >= 11 is 0. The molecule has 0 aromatic heterocycles. The Morgan fingerprint density at radius 3 is 2.52 bits per heavy atom. The fourth-order valence-corrected chi connectivity index (χ4v) is 2.41. The number of carbonyl (C=O) groups is 1. The van der Waals surface area contributed by atoms with Crippen molar-refractivity contribution in [2.24, 2.45) is 0 Å². The Balaban J connectivity index is 2.19. The second kappa shape index (κ2) is 9.11. The topological polar surface area (TPSA) is 47.6 Å². The quantitative estimate of drug-likeness (QED) is 0.769. The van der Waals surface area contributed by atoms with Gasteiger partial charge in [-0.3, -0.25) is 4.79 Å². The molecule has 2 rings (SSSR count). The van der Waals surface area contributed by atoms with Crippen LogP contribution in [0.3, 0.4) is 0 Å². The molecule has 2 aromatic carbocycles. The van der Waals surface area contributed by atoms with Gasteiger partial charge in [-0.05, 0) is 57.0 Å². The highest BCUT2D eigenvalue weighted by Crippen LogP contribution is 2.24. The highest BCUT2D eigenvalue weighted by molar-refractivity contribution is 5.94. The molecule has 0 fully saturated rings. The Bertz CT molecular complexity index is 712. The highest BCUT2D eigenvalue weighted by Gasteiger charge is 2.13. The summed E-state index contributed by atoms with van der Waals surface area (Å²) in [5.41, 5.74) is 2.56. The van der Waals surface area contributed by atoms with Crippen LogP contribution in [0.2, 0.25) is 0 Å². The molecule has 134 valence electrons. The number of carbonyl (C=O) groups excluding carboxylic acids is 1. The molecule has 0 aliphatic rings. The molecule has 25 heavy (non-hydrogen) atoms. The van der Waals surface area contributed by atoms with Crippen LogP contribution < -0.4 is 14.8 Å². The zero-order valence-electron chi connectivity index (χ0n) is 15.5. The third-order valence-corrected chi connectivity index (χ3v) is 4.09. The minimum atomic E-state index is -0.0745. The van der Waals surface area contributed by atoms with Crippen LogP contribution in [0.15, 0.2) is 42.5 Å². The maximum Gasteiger partial charge on any atom is 0.251 e. The molecule has 1 atom stereocenters. The zero-order valence-corrected chi connectivity index (χ0v) is 15.5. The van der Waals surface area contributed by atoms with Gasteiger partial charge in [0.15, 0.2) is 0 Å². The molecule has 2 aromatic rings. The van der Waals surface area contributed by atoms with Gasteiger partial charge in [-0.1, -0.05) is 25.1 Å². The standard InChI is InChI=1S/C21H27NO3/c1-5-16(4)22-21(23)17-11-12-20(24-6-2)18(13-17)14-25-19-10-8-7-9-15(19)3/h7-13,16H,5-6,14H2,1-4H3,(H,22,23). The van der Waals surface area contributed by atoms with Crippen molar-refractivity contribution in [3.05, 3.63) is 59.2 Å². The number of ether oxygens (including phenoxy) is 2. The lowest BCUT2D eigenvalue weighted by Crippen LogP contribution is -2.32. The molecule has 0 saturated heterocycles. The summed E-state index contributed by atoms with van der Waals surface area (Å²) in [7, 11) is 0. The number of hydrogen-bond donors (Lipinski definition) is 1. The van der Waals surface area contributed by atoms with E-state index in [1.54, 1.807) is 6.07 Å². The normalized spacial score (nSPS) is 11.7. The van der Waals surface area contributed by atoms with E-state index in [0.717, 1.165) is 29.0 Å². The Morgan fingerprint density at radius 1 is 1.08 bits per heavy atom. The first-order valence-corrected chi connectivity index (χ1v) is 8.80. The smallest absolute Gasteiger partial charge is 0.251 e. The van der Waals surface area contributed by atoms with E-state index in [2.05, 4.69) is 5.32 Å². The van der Waals surface area contributed by atoms with Crippen molar-refractivity contribution in [1.82, 2.24) is 5.32 Å². The van der Waals surface area contributed by atoms with Crippen LogP contribution in [-0.4, -0.2) is 18.6 Å². The van der Waals surface area contributed by atoms with Crippen molar-refractivity contribution in [1.29, 1.82) is 0 Å². The van der Waals surface area contributed by atoms with Crippen LogP contribution in [0.25, 0.3) is 0 Å².